The highest BCUT2D eigenvalue weighted by Gasteiger charge is 2.18. The molecular weight excluding hydrogens is 625 g/mol. The molecule has 0 N–H and O–H groups in total. The lowest BCUT2D eigenvalue weighted by molar-refractivity contribution is 1.63. The summed E-state index contributed by atoms with van der Waals surface area (Å²) < 4.78 is 0. The molecule has 0 saturated carbocycles. The average molecular weight is 659 g/mol. The van der Waals surface area contributed by atoms with Gasteiger partial charge in [-0.25, -0.2) is 0 Å². The topological polar surface area (TPSA) is 0 Å². The van der Waals surface area contributed by atoms with Gasteiger partial charge in [-0.3, -0.25) is 0 Å². The highest BCUT2D eigenvalue weighted by Crippen LogP contribution is 2.45. The molecule has 0 saturated heterocycles. The van der Waals surface area contributed by atoms with Crippen LogP contribution in [0.5, 0.6) is 0 Å². The standard InChI is InChI=1S/C52H34/c1-5-15-35(16-6-1)43-29-30-44(36-17-7-2-8-18-36)49-34-42-31-39(25-26-41(42)32-48(43)49)40-27-28-47-50(33-40)52(38-21-11-4-12-22-38)46-24-14-13-23-45(46)51(47)37-19-9-3-10-20-37/h1-34H. The Kier molecular flexibility index (Phi) is 7.25. The zero-order valence-corrected chi connectivity index (χ0v) is 28.6. The van der Waals surface area contributed by atoms with E-state index in [4.69, 9.17) is 0 Å². The third kappa shape index (κ3) is 5.08. The van der Waals surface area contributed by atoms with Gasteiger partial charge >= 0.3 is 0 Å². The Morgan fingerprint density at radius 1 is 0.192 bits per heavy atom. The summed E-state index contributed by atoms with van der Waals surface area (Å²) in [5.41, 5.74) is 12.4. The maximum atomic E-state index is 2.42. The molecule has 0 spiro atoms. The minimum Gasteiger partial charge on any atom is -0.0622 e. The van der Waals surface area contributed by atoms with Crippen LogP contribution < -0.4 is 0 Å². The van der Waals surface area contributed by atoms with Crippen molar-refractivity contribution in [2.45, 2.75) is 0 Å². The van der Waals surface area contributed by atoms with Gasteiger partial charge in [-0.2, -0.15) is 0 Å². The van der Waals surface area contributed by atoms with Gasteiger partial charge in [0.2, 0.25) is 0 Å². The highest BCUT2D eigenvalue weighted by atomic mass is 14.2. The Hall–Kier alpha value is -6.76. The van der Waals surface area contributed by atoms with E-state index >= 15 is 0 Å². The van der Waals surface area contributed by atoms with Crippen LogP contribution in [-0.4, -0.2) is 0 Å². The molecule has 0 aliphatic rings. The van der Waals surface area contributed by atoms with Crippen molar-refractivity contribution in [3.05, 3.63) is 206 Å². The van der Waals surface area contributed by atoms with Gasteiger partial charge in [0.1, 0.15) is 0 Å². The van der Waals surface area contributed by atoms with Crippen LogP contribution in [0.3, 0.4) is 0 Å². The molecule has 0 heterocycles. The van der Waals surface area contributed by atoms with Crippen molar-refractivity contribution in [2.75, 3.05) is 0 Å². The summed E-state index contributed by atoms with van der Waals surface area (Å²) in [6.45, 7) is 0. The van der Waals surface area contributed by atoms with Crippen molar-refractivity contribution in [1.82, 2.24) is 0 Å². The van der Waals surface area contributed by atoms with Crippen molar-refractivity contribution in [3.63, 3.8) is 0 Å². The van der Waals surface area contributed by atoms with Crippen molar-refractivity contribution in [2.24, 2.45) is 0 Å². The summed E-state index contributed by atoms with van der Waals surface area (Å²) in [7, 11) is 0. The minimum atomic E-state index is 1.21. The van der Waals surface area contributed by atoms with Gasteiger partial charge in [-0.1, -0.05) is 182 Å². The maximum Gasteiger partial charge on any atom is -0.00262 e. The predicted octanol–water partition coefficient (Wildman–Crippen LogP) is 14.6. The molecule has 10 rings (SSSR count). The summed E-state index contributed by atoms with van der Waals surface area (Å²) in [4.78, 5) is 0. The SMILES string of the molecule is c1ccc(-c2ccc(-c3ccccc3)c3cc4cc(-c5ccc6c(-c7ccccc7)c7ccccc7c(-c7ccccc7)c6c5)ccc4cc23)cc1. The summed E-state index contributed by atoms with van der Waals surface area (Å²) >= 11 is 0. The van der Waals surface area contributed by atoms with Gasteiger partial charge in [0, 0.05) is 0 Å². The second-order valence-corrected chi connectivity index (χ2v) is 13.6. The Labute approximate surface area is 303 Å². The van der Waals surface area contributed by atoms with Crippen LogP contribution >= 0.6 is 0 Å². The lowest BCUT2D eigenvalue weighted by atomic mass is 9.84. The van der Waals surface area contributed by atoms with Gasteiger partial charge in [0.15, 0.2) is 0 Å². The van der Waals surface area contributed by atoms with Gasteiger partial charge in [0.05, 0.1) is 0 Å². The molecule has 0 aliphatic heterocycles. The molecule has 0 aromatic heterocycles. The van der Waals surface area contributed by atoms with Gasteiger partial charge in [0.25, 0.3) is 0 Å². The lowest BCUT2D eigenvalue weighted by Gasteiger charge is -2.19. The van der Waals surface area contributed by atoms with Crippen LogP contribution in [-0.2, 0) is 0 Å². The van der Waals surface area contributed by atoms with Gasteiger partial charge in [-0.15, -0.1) is 0 Å². The smallest absolute Gasteiger partial charge is 0.00262 e. The van der Waals surface area contributed by atoms with Crippen molar-refractivity contribution in [1.29, 1.82) is 0 Å². The van der Waals surface area contributed by atoms with Crippen LogP contribution in [0.25, 0.3) is 98.7 Å². The number of benzene rings is 10. The second kappa shape index (κ2) is 12.5. The summed E-state index contributed by atoms with van der Waals surface area (Å²) in [6.07, 6.45) is 0. The fraction of sp³-hybridized carbons (Fsp3) is 0. The van der Waals surface area contributed by atoms with E-state index in [2.05, 4.69) is 206 Å². The number of hydrogen-bond donors (Lipinski definition) is 0. The van der Waals surface area contributed by atoms with Crippen molar-refractivity contribution in [3.8, 4) is 55.6 Å². The van der Waals surface area contributed by atoms with Gasteiger partial charge in [-0.05, 0) is 123 Å². The average Bonchev–Trinajstić information content (AvgIpc) is 3.22. The van der Waals surface area contributed by atoms with Crippen LogP contribution in [0.2, 0.25) is 0 Å². The maximum absolute atomic E-state index is 2.42. The van der Waals surface area contributed by atoms with Crippen LogP contribution in [0.4, 0.5) is 0 Å². The van der Waals surface area contributed by atoms with E-state index < -0.39 is 0 Å². The van der Waals surface area contributed by atoms with E-state index in [0.717, 1.165) is 0 Å². The third-order valence-corrected chi connectivity index (χ3v) is 10.6. The van der Waals surface area contributed by atoms with E-state index in [0.29, 0.717) is 0 Å². The largest absolute Gasteiger partial charge is 0.0622 e. The Morgan fingerprint density at radius 2 is 0.596 bits per heavy atom. The molecule has 0 bridgehead atoms. The Morgan fingerprint density at radius 3 is 1.13 bits per heavy atom. The van der Waals surface area contributed by atoms with Crippen molar-refractivity contribution < 1.29 is 0 Å². The monoisotopic (exact) mass is 658 g/mol. The van der Waals surface area contributed by atoms with Crippen LogP contribution in [0.1, 0.15) is 0 Å². The molecule has 10 aromatic rings. The van der Waals surface area contributed by atoms with Crippen molar-refractivity contribution >= 4 is 43.1 Å². The molecule has 0 nitrogen and oxygen atoms in total. The molecule has 0 radical (unpaired) electrons. The first-order chi connectivity index (χ1) is 25.8. The second-order valence-electron chi connectivity index (χ2n) is 13.6. The van der Waals surface area contributed by atoms with E-state index in [-0.39, 0.29) is 0 Å². The zero-order chi connectivity index (χ0) is 34.4. The van der Waals surface area contributed by atoms with Crippen LogP contribution in [0.15, 0.2) is 206 Å². The number of hydrogen-bond acceptors (Lipinski definition) is 0. The first-order valence-corrected chi connectivity index (χ1v) is 18.0. The molecule has 10 aromatic carbocycles. The third-order valence-electron chi connectivity index (χ3n) is 10.6. The molecule has 0 atom stereocenters. The molecule has 0 amide bonds. The number of fused-ring (bicyclic) bond motifs is 4. The molecule has 0 heteroatoms. The molecule has 242 valence electrons. The van der Waals surface area contributed by atoms with Crippen LogP contribution in [0, 0.1) is 0 Å². The Bertz CT molecular complexity index is 2910. The molecule has 0 unspecified atom stereocenters. The molecular formula is C52H34. The summed E-state index contributed by atoms with van der Waals surface area (Å²) in [5, 5.41) is 10.1. The minimum absolute atomic E-state index is 1.21. The normalized spacial score (nSPS) is 11.5. The van der Waals surface area contributed by atoms with E-state index in [1.807, 2.05) is 0 Å². The quantitative estimate of drug-likeness (QED) is 0.161. The fourth-order valence-electron chi connectivity index (χ4n) is 8.20. The predicted molar refractivity (Wildman–Crippen MR) is 224 cm³/mol. The molecule has 0 fully saturated rings. The van der Waals surface area contributed by atoms with E-state index in [9.17, 15) is 0 Å². The van der Waals surface area contributed by atoms with E-state index in [1.54, 1.807) is 0 Å². The highest BCUT2D eigenvalue weighted by molar-refractivity contribution is 6.22. The lowest BCUT2D eigenvalue weighted by Crippen LogP contribution is -1.91. The molecule has 0 aliphatic carbocycles. The van der Waals surface area contributed by atoms with Gasteiger partial charge < -0.3 is 0 Å². The number of rotatable bonds is 5. The molecule has 52 heavy (non-hydrogen) atoms. The summed E-state index contributed by atoms with van der Waals surface area (Å²) in [6, 6.07) is 75.5. The fourth-order valence-corrected chi connectivity index (χ4v) is 8.20. The Balaban J connectivity index is 1.22. The first-order valence-electron chi connectivity index (χ1n) is 18.0. The van der Waals surface area contributed by atoms with E-state index in [1.165, 1.54) is 98.7 Å². The summed E-state index contributed by atoms with van der Waals surface area (Å²) in [5.74, 6) is 0. The first kappa shape index (κ1) is 30.1. The zero-order valence-electron chi connectivity index (χ0n) is 28.6.